The first-order chi connectivity index (χ1) is 14.8. The first-order valence-electron chi connectivity index (χ1n) is 10.9. The molecule has 0 radical (unpaired) electrons. The maximum absolute atomic E-state index is 2.46. The maximum atomic E-state index is 2.46. The standard InChI is InChI=1S/C30H26/c1-2-11-22-20-25-18-19-27(24-14-7-4-8-15-24)30(29(25)21-22)28-17-10-9-16-26(28)23-12-5-3-6-13-23/h3-10,12-19,21H,2,11,20H2,1H3. The number of hydrogen-bond acceptors (Lipinski definition) is 0. The summed E-state index contributed by atoms with van der Waals surface area (Å²) >= 11 is 0. The van der Waals surface area contributed by atoms with E-state index in [1.807, 2.05) is 0 Å². The van der Waals surface area contributed by atoms with Gasteiger partial charge in [-0.15, -0.1) is 0 Å². The minimum Gasteiger partial charge on any atom is -0.0652 e. The van der Waals surface area contributed by atoms with Crippen LogP contribution >= 0.6 is 0 Å². The second-order valence-corrected chi connectivity index (χ2v) is 8.07. The Kier molecular flexibility index (Phi) is 5.07. The van der Waals surface area contributed by atoms with Crippen molar-refractivity contribution in [3.8, 4) is 33.4 Å². The molecule has 146 valence electrons. The third kappa shape index (κ3) is 3.39. The Labute approximate surface area is 179 Å². The second kappa shape index (κ2) is 8.16. The summed E-state index contributed by atoms with van der Waals surface area (Å²) in [5.41, 5.74) is 12.2. The van der Waals surface area contributed by atoms with Crippen molar-refractivity contribution in [2.45, 2.75) is 26.2 Å². The fourth-order valence-corrected chi connectivity index (χ4v) is 4.68. The Morgan fingerprint density at radius 2 is 1.20 bits per heavy atom. The smallest absolute Gasteiger partial charge is 0.00237 e. The minimum absolute atomic E-state index is 1.08. The molecule has 0 aromatic heterocycles. The quantitative estimate of drug-likeness (QED) is 0.323. The Bertz CT molecular complexity index is 1200. The van der Waals surface area contributed by atoms with Gasteiger partial charge in [-0.3, -0.25) is 0 Å². The molecule has 5 rings (SSSR count). The van der Waals surface area contributed by atoms with Crippen LogP contribution in [0.5, 0.6) is 0 Å². The molecule has 4 aromatic rings. The second-order valence-electron chi connectivity index (χ2n) is 8.07. The van der Waals surface area contributed by atoms with Crippen LogP contribution in [0, 0.1) is 0 Å². The monoisotopic (exact) mass is 386 g/mol. The van der Waals surface area contributed by atoms with Crippen molar-refractivity contribution in [2.75, 3.05) is 0 Å². The fraction of sp³-hybridized carbons (Fsp3) is 0.133. The average Bonchev–Trinajstić information content (AvgIpc) is 3.22. The van der Waals surface area contributed by atoms with Gasteiger partial charge in [-0.2, -0.15) is 0 Å². The van der Waals surface area contributed by atoms with Gasteiger partial charge in [0, 0.05) is 0 Å². The Hall–Kier alpha value is -3.38. The van der Waals surface area contributed by atoms with Crippen LogP contribution in [0.3, 0.4) is 0 Å². The van der Waals surface area contributed by atoms with Crippen molar-refractivity contribution in [3.63, 3.8) is 0 Å². The molecule has 4 aromatic carbocycles. The molecule has 0 unspecified atom stereocenters. The highest BCUT2D eigenvalue weighted by atomic mass is 14.3. The molecule has 1 aliphatic carbocycles. The lowest BCUT2D eigenvalue weighted by Gasteiger charge is -2.18. The van der Waals surface area contributed by atoms with Crippen molar-refractivity contribution in [1.29, 1.82) is 0 Å². The Morgan fingerprint density at radius 3 is 1.87 bits per heavy atom. The fourth-order valence-electron chi connectivity index (χ4n) is 4.68. The van der Waals surface area contributed by atoms with E-state index in [2.05, 4.69) is 110 Å². The van der Waals surface area contributed by atoms with E-state index in [1.54, 1.807) is 5.57 Å². The number of rotatable bonds is 5. The molecular formula is C30H26. The van der Waals surface area contributed by atoms with Gasteiger partial charge in [-0.1, -0.05) is 122 Å². The number of fused-ring (bicyclic) bond motifs is 1. The number of hydrogen-bond donors (Lipinski definition) is 0. The summed E-state index contributed by atoms with van der Waals surface area (Å²) < 4.78 is 0. The first-order valence-corrected chi connectivity index (χ1v) is 10.9. The van der Waals surface area contributed by atoms with Crippen molar-refractivity contribution in [3.05, 3.63) is 114 Å². The highest BCUT2D eigenvalue weighted by Gasteiger charge is 2.22. The van der Waals surface area contributed by atoms with E-state index < -0.39 is 0 Å². The maximum Gasteiger partial charge on any atom is -0.00237 e. The Morgan fingerprint density at radius 1 is 0.600 bits per heavy atom. The van der Waals surface area contributed by atoms with Crippen molar-refractivity contribution in [1.82, 2.24) is 0 Å². The first kappa shape index (κ1) is 18.6. The highest BCUT2D eigenvalue weighted by Crippen LogP contribution is 2.44. The van der Waals surface area contributed by atoms with Crippen molar-refractivity contribution >= 4 is 6.08 Å². The normalized spacial score (nSPS) is 12.5. The van der Waals surface area contributed by atoms with Crippen LogP contribution in [0.4, 0.5) is 0 Å². The molecule has 0 nitrogen and oxygen atoms in total. The summed E-state index contributed by atoms with van der Waals surface area (Å²) in [6, 6.07) is 35.1. The van der Waals surface area contributed by atoms with E-state index >= 15 is 0 Å². The van der Waals surface area contributed by atoms with E-state index in [-0.39, 0.29) is 0 Å². The van der Waals surface area contributed by atoms with Crippen LogP contribution in [0.15, 0.2) is 103 Å². The van der Waals surface area contributed by atoms with E-state index in [0.717, 1.165) is 6.42 Å². The molecule has 30 heavy (non-hydrogen) atoms. The molecule has 0 heterocycles. The molecule has 0 saturated heterocycles. The van der Waals surface area contributed by atoms with Crippen LogP contribution < -0.4 is 0 Å². The predicted molar refractivity (Wildman–Crippen MR) is 129 cm³/mol. The van der Waals surface area contributed by atoms with Gasteiger partial charge in [-0.25, -0.2) is 0 Å². The van der Waals surface area contributed by atoms with Gasteiger partial charge in [0.05, 0.1) is 0 Å². The van der Waals surface area contributed by atoms with Gasteiger partial charge in [0.15, 0.2) is 0 Å². The van der Waals surface area contributed by atoms with Crippen LogP contribution in [0.1, 0.15) is 30.9 Å². The third-order valence-corrected chi connectivity index (χ3v) is 6.04. The number of benzene rings is 4. The lowest BCUT2D eigenvalue weighted by molar-refractivity contribution is 0.886. The summed E-state index contributed by atoms with van der Waals surface area (Å²) in [7, 11) is 0. The van der Waals surface area contributed by atoms with Crippen molar-refractivity contribution in [2.24, 2.45) is 0 Å². The lowest BCUT2D eigenvalue weighted by Crippen LogP contribution is -1.94. The Balaban J connectivity index is 1.80. The third-order valence-electron chi connectivity index (χ3n) is 6.04. The van der Waals surface area contributed by atoms with Crippen molar-refractivity contribution < 1.29 is 0 Å². The molecule has 0 spiro atoms. The largest absolute Gasteiger partial charge is 0.0652 e. The SMILES string of the molecule is CCCC1=Cc2c(ccc(-c3ccccc3)c2-c2ccccc2-c2ccccc2)C1. The van der Waals surface area contributed by atoms with Gasteiger partial charge < -0.3 is 0 Å². The zero-order valence-corrected chi connectivity index (χ0v) is 17.4. The van der Waals surface area contributed by atoms with E-state index in [1.165, 1.54) is 57.3 Å². The molecular weight excluding hydrogens is 360 g/mol. The molecule has 1 aliphatic rings. The molecule has 0 fully saturated rings. The predicted octanol–water partition coefficient (Wildman–Crippen LogP) is 8.43. The molecule has 0 N–H and O–H groups in total. The van der Waals surface area contributed by atoms with Crippen LogP contribution in [-0.2, 0) is 6.42 Å². The molecule has 0 heteroatoms. The van der Waals surface area contributed by atoms with Gasteiger partial charge in [0.1, 0.15) is 0 Å². The van der Waals surface area contributed by atoms with Crippen LogP contribution in [0.2, 0.25) is 0 Å². The zero-order valence-electron chi connectivity index (χ0n) is 17.4. The molecule has 0 bridgehead atoms. The molecule has 0 amide bonds. The summed E-state index contributed by atoms with van der Waals surface area (Å²) in [5.74, 6) is 0. The van der Waals surface area contributed by atoms with Crippen LogP contribution in [0.25, 0.3) is 39.5 Å². The minimum atomic E-state index is 1.08. The summed E-state index contributed by atoms with van der Waals surface area (Å²) in [6.45, 7) is 2.27. The van der Waals surface area contributed by atoms with Gasteiger partial charge >= 0.3 is 0 Å². The van der Waals surface area contributed by atoms with E-state index in [4.69, 9.17) is 0 Å². The van der Waals surface area contributed by atoms with Gasteiger partial charge in [0.2, 0.25) is 0 Å². The summed E-state index contributed by atoms with van der Waals surface area (Å²) in [5, 5.41) is 0. The van der Waals surface area contributed by atoms with Crippen LogP contribution in [-0.4, -0.2) is 0 Å². The average molecular weight is 387 g/mol. The highest BCUT2D eigenvalue weighted by molar-refractivity contribution is 5.97. The number of allylic oxidation sites excluding steroid dienone is 1. The van der Waals surface area contributed by atoms with Gasteiger partial charge in [0.25, 0.3) is 0 Å². The molecule has 0 aliphatic heterocycles. The summed E-state index contributed by atoms with van der Waals surface area (Å²) in [4.78, 5) is 0. The topological polar surface area (TPSA) is 0 Å². The summed E-state index contributed by atoms with van der Waals surface area (Å²) in [6.07, 6.45) is 5.91. The zero-order chi connectivity index (χ0) is 20.3. The lowest BCUT2D eigenvalue weighted by atomic mass is 9.85. The van der Waals surface area contributed by atoms with E-state index in [9.17, 15) is 0 Å². The molecule has 0 atom stereocenters. The van der Waals surface area contributed by atoms with E-state index in [0.29, 0.717) is 0 Å². The molecule has 0 saturated carbocycles. The van der Waals surface area contributed by atoms with Gasteiger partial charge in [-0.05, 0) is 57.3 Å².